The van der Waals surface area contributed by atoms with Crippen molar-refractivity contribution in [2.45, 2.75) is 26.4 Å². The number of carbonyl (C=O) groups is 2. The van der Waals surface area contributed by atoms with Gasteiger partial charge >= 0.3 is 11.5 Å². The lowest BCUT2D eigenvalue weighted by molar-refractivity contribution is -0.384. The average molecular weight is 410 g/mol. The molecule has 0 heterocycles. The predicted octanol–water partition coefficient (Wildman–Crippen LogP) is 4.95. The van der Waals surface area contributed by atoms with E-state index >= 15 is 0 Å². The number of hydrogen-bond acceptors (Lipinski definition) is 7. The quantitative estimate of drug-likeness (QED) is 0.317. The topological polar surface area (TPSA) is 134 Å². The highest BCUT2D eigenvalue weighted by Gasteiger charge is 2.15. The van der Waals surface area contributed by atoms with Crippen LogP contribution in [0.1, 0.15) is 20.8 Å². The Morgan fingerprint density at radius 2 is 1.61 bits per heavy atom. The number of benzene rings is 2. The molecular weight excluding hydrogens is 390 g/mol. The maximum atomic E-state index is 11.3. The minimum absolute atomic E-state index is 0.0747. The lowest BCUT2D eigenvalue weighted by atomic mass is 10.2. The van der Waals surface area contributed by atoms with Crippen molar-refractivity contribution >= 4 is 40.2 Å². The Bertz CT molecular complexity index is 817. The first-order chi connectivity index (χ1) is 13.0. The van der Waals surface area contributed by atoms with E-state index in [0.29, 0.717) is 11.4 Å². The molecule has 0 atom stereocenters. The zero-order valence-electron chi connectivity index (χ0n) is 15.5. The van der Waals surface area contributed by atoms with E-state index in [9.17, 15) is 19.7 Å². The second kappa shape index (κ2) is 10.1. The van der Waals surface area contributed by atoms with E-state index in [1.807, 2.05) is 20.8 Å². The van der Waals surface area contributed by atoms with E-state index in [1.165, 1.54) is 24.3 Å². The fraction of sp³-hybridized carbons (Fsp3) is 0.222. The fourth-order valence-corrected chi connectivity index (χ4v) is 1.81. The molecule has 0 saturated heterocycles. The fourth-order valence-electron chi connectivity index (χ4n) is 1.72. The summed E-state index contributed by atoms with van der Waals surface area (Å²) < 4.78 is 9.54. The molecule has 0 aliphatic carbocycles. The molecular formula is C18H20ClN3O6. The molecule has 10 heteroatoms. The number of nitrogens with one attached hydrogen (secondary N) is 1. The first-order valence-electron chi connectivity index (χ1n) is 7.93. The number of rotatable bonds is 3. The molecule has 0 saturated carbocycles. The molecule has 0 radical (unpaired) electrons. The molecule has 0 spiro atoms. The van der Waals surface area contributed by atoms with Crippen molar-refractivity contribution in [3.63, 3.8) is 0 Å². The number of nitro benzene ring substituents is 1. The molecule has 0 unspecified atom stereocenters. The first-order valence-corrected chi connectivity index (χ1v) is 8.31. The van der Waals surface area contributed by atoms with E-state index in [1.54, 1.807) is 24.3 Å². The highest BCUT2D eigenvalue weighted by molar-refractivity contribution is 6.61. The van der Waals surface area contributed by atoms with Crippen LogP contribution in [0.4, 0.5) is 26.7 Å². The van der Waals surface area contributed by atoms with Crippen LogP contribution in [0.15, 0.2) is 48.5 Å². The molecule has 28 heavy (non-hydrogen) atoms. The molecule has 0 fully saturated rings. The molecule has 2 rings (SSSR count). The van der Waals surface area contributed by atoms with Crippen LogP contribution < -0.4 is 15.8 Å². The van der Waals surface area contributed by atoms with Crippen molar-refractivity contribution in [1.29, 1.82) is 0 Å². The van der Waals surface area contributed by atoms with E-state index in [0.717, 1.165) is 0 Å². The van der Waals surface area contributed by atoms with E-state index in [2.05, 4.69) is 10.1 Å². The van der Waals surface area contributed by atoms with E-state index < -0.39 is 22.0 Å². The van der Waals surface area contributed by atoms with Gasteiger partial charge < -0.3 is 15.2 Å². The van der Waals surface area contributed by atoms with Crippen LogP contribution in [0.2, 0.25) is 0 Å². The number of halogens is 1. The van der Waals surface area contributed by atoms with E-state index in [4.69, 9.17) is 22.1 Å². The number of amides is 1. The zero-order chi connectivity index (χ0) is 21.3. The molecule has 0 aliphatic heterocycles. The van der Waals surface area contributed by atoms with Gasteiger partial charge in [-0.05, 0) is 57.2 Å². The largest absolute Gasteiger partial charge is 0.444 e. The van der Waals surface area contributed by atoms with Crippen LogP contribution in [0.25, 0.3) is 0 Å². The van der Waals surface area contributed by atoms with Crippen LogP contribution in [0.5, 0.6) is 5.75 Å². The number of nitrogen functional groups attached to an aromatic ring is 1. The molecule has 0 aromatic heterocycles. The number of anilines is 2. The lowest BCUT2D eigenvalue weighted by Crippen LogP contribution is -2.27. The minimum atomic E-state index is -0.978. The number of nitrogens with two attached hydrogens (primary N) is 1. The highest BCUT2D eigenvalue weighted by Crippen LogP contribution is 2.17. The van der Waals surface area contributed by atoms with Gasteiger partial charge in [0.25, 0.3) is 5.69 Å². The number of nitrogens with zero attached hydrogens (tertiary/aromatic N) is 1. The third-order valence-corrected chi connectivity index (χ3v) is 2.88. The molecule has 0 bridgehead atoms. The molecule has 1 amide bonds. The summed E-state index contributed by atoms with van der Waals surface area (Å²) in [5.41, 5.74) is 5.30. The maximum absolute atomic E-state index is 11.3. The molecule has 3 N–H and O–H groups in total. The first kappa shape index (κ1) is 22.7. The Morgan fingerprint density at radius 1 is 1.07 bits per heavy atom. The molecule has 150 valence electrons. The molecule has 2 aromatic rings. The summed E-state index contributed by atoms with van der Waals surface area (Å²) in [6.07, 6.45) is -0.465. The van der Waals surface area contributed by atoms with Crippen molar-refractivity contribution in [2.75, 3.05) is 11.1 Å². The molecule has 0 aliphatic rings. The minimum Gasteiger partial charge on any atom is -0.444 e. The third kappa shape index (κ3) is 9.39. The SMILES string of the molecule is CC(C)(C)OC(=O)Nc1ccc(N)cc1.O=C(Cl)Oc1ccc([N+](=O)[O-])cc1. The summed E-state index contributed by atoms with van der Waals surface area (Å²) in [6, 6.07) is 11.9. The third-order valence-electron chi connectivity index (χ3n) is 2.80. The van der Waals surface area contributed by atoms with Crippen molar-refractivity contribution in [2.24, 2.45) is 0 Å². The van der Waals surface area contributed by atoms with Crippen molar-refractivity contribution < 1.29 is 24.0 Å². The van der Waals surface area contributed by atoms with Crippen molar-refractivity contribution in [3.8, 4) is 5.75 Å². The number of carbonyl (C=O) groups excluding carboxylic acids is 2. The van der Waals surface area contributed by atoms with Crippen LogP contribution >= 0.6 is 11.6 Å². The monoisotopic (exact) mass is 409 g/mol. The summed E-state index contributed by atoms with van der Waals surface area (Å²) >= 11 is 4.92. The van der Waals surface area contributed by atoms with Gasteiger partial charge in [0.1, 0.15) is 11.4 Å². The van der Waals surface area contributed by atoms with Gasteiger partial charge in [0, 0.05) is 35.1 Å². The summed E-state index contributed by atoms with van der Waals surface area (Å²) in [5, 5.41) is 12.8. The maximum Gasteiger partial charge on any atom is 0.412 e. The summed E-state index contributed by atoms with van der Waals surface area (Å²) in [4.78, 5) is 31.2. The van der Waals surface area contributed by atoms with Gasteiger partial charge in [-0.25, -0.2) is 9.59 Å². The molecule has 9 nitrogen and oxygen atoms in total. The Kier molecular flexibility index (Phi) is 8.21. The highest BCUT2D eigenvalue weighted by atomic mass is 35.5. The predicted molar refractivity (Wildman–Crippen MR) is 106 cm³/mol. The van der Waals surface area contributed by atoms with Gasteiger partial charge in [-0.2, -0.15) is 0 Å². The van der Waals surface area contributed by atoms with Gasteiger partial charge in [-0.1, -0.05) is 0 Å². The summed E-state index contributed by atoms with van der Waals surface area (Å²) in [7, 11) is 0. The number of non-ortho nitro benzene ring substituents is 1. The average Bonchev–Trinajstić information content (AvgIpc) is 2.56. The summed E-state index contributed by atoms with van der Waals surface area (Å²) in [5.74, 6) is 0.172. The van der Waals surface area contributed by atoms with Crippen LogP contribution in [-0.2, 0) is 4.74 Å². The van der Waals surface area contributed by atoms with Crippen LogP contribution in [-0.4, -0.2) is 22.0 Å². The second-order valence-electron chi connectivity index (χ2n) is 6.34. The molecule has 2 aromatic carbocycles. The second-order valence-corrected chi connectivity index (χ2v) is 6.65. The van der Waals surface area contributed by atoms with Crippen LogP contribution in [0.3, 0.4) is 0 Å². The lowest BCUT2D eigenvalue weighted by Gasteiger charge is -2.19. The van der Waals surface area contributed by atoms with Gasteiger partial charge in [-0.15, -0.1) is 0 Å². The van der Waals surface area contributed by atoms with Crippen LogP contribution in [0, 0.1) is 10.1 Å². The normalized spacial score (nSPS) is 10.1. The van der Waals surface area contributed by atoms with Gasteiger partial charge in [0.05, 0.1) is 4.92 Å². The van der Waals surface area contributed by atoms with E-state index in [-0.39, 0.29) is 11.4 Å². The van der Waals surface area contributed by atoms with Crippen molar-refractivity contribution in [3.05, 3.63) is 58.6 Å². The zero-order valence-corrected chi connectivity index (χ0v) is 16.2. The van der Waals surface area contributed by atoms with Gasteiger partial charge in [0.2, 0.25) is 0 Å². The number of hydrogen-bond donors (Lipinski definition) is 2. The Hall–Kier alpha value is -3.33. The Morgan fingerprint density at radius 3 is 2.04 bits per heavy atom. The standard InChI is InChI=1S/C11H16N2O2.C7H4ClNO4/c1-11(2,3)15-10(14)13-9-6-4-8(12)5-7-9;8-7(10)13-6-3-1-5(2-4-6)9(11)12/h4-7H,12H2,1-3H3,(H,13,14);1-4H. The Labute approximate surface area is 166 Å². The smallest absolute Gasteiger partial charge is 0.412 e. The Balaban J connectivity index is 0.000000283. The van der Waals surface area contributed by atoms with Crippen molar-refractivity contribution in [1.82, 2.24) is 0 Å². The number of ether oxygens (including phenoxy) is 2. The van der Waals surface area contributed by atoms with Gasteiger partial charge in [-0.3, -0.25) is 15.4 Å². The number of nitro groups is 1. The van der Waals surface area contributed by atoms with Gasteiger partial charge in [0.15, 0.2) is 0 Å². The summed E-state index contributed by atoms with van der Waals surface area (Å²) in [6.45, 7) is 5.45.